The highest BCUT2D eigenvalue weighted by Gasteiger charge is 2.16. The molecule has 1 fully saturated rings. The smallest absolute Gasteiger partial charge is 0.224 e. The summed E-state index contributed by atoms with van der Waals surface area (Å²) in [5, 5.41) is 4.11. The molecule has 1 aliphatic rings. The number of aryl methyl sites for hydroxylation is 1. The van der Waals surface area contributed by atoms with E-state index in [0.717, 1.165) is 55.7 Å². The van der Waals surface area contributed by atoms with Gasteiger partial charge >= 0.3 is 0 Å². The fourth-order valence-electron chi connectivity index (χ4n) is 2.84. The molecule has 0 saturated carbocycles. The highest BCUT2D eigenvalue weighted by Crippen LogP contribution is 2.17. The summed E-state index contributed by atoms with van der Waals surface area (Å²) in [6, 6.07) is 10.0. The number of halogens is 1. The molecule has 0 bridgehead atoms. The van der Waals surface area contributed by atoms with Gasteiger partial charge in [-0.25, -0.2) is 4.98 Å². The second-order valence-corrected chi connectivity index (χ2v) is 6.72. The molecule has 1 saturated heterocycles. The summed E-state index contributed by atoms with van der Waals surface area (Å²) in [6.45, 7) is 6.96. The number of benzene rings is 1. The Morgan fingerprint density at radius 2 is 1.92 bits per heavy atom. The van der Waals surface area contributed by atoms with Crippen LogP contribution in [0.1, 0.15) is 11.3 Å². The minimum absolute atomic E-state index is 0.700. The number of hydrogen-bond donors (Lipinski definition) is 1. The van der Waals surface area contributed by atoms with E-state index in [1.54, 1.807) is 0 Å². The van der Waals surface area contributed by atoms with Gasteiger partial charge in [-0.05, 0) is 38.1 Å². The van der Waals surface area contributed by atoms with Crippen LogP contribution < -0.4 is 10.2 Å². The molecule has 0 radical (unpaired) electrons. The first-order valence-corrected chi connectivity index (χ1v) is 8.75. The maximum atomic E-state index is 6.02. The van der Waals surface area contributed by atoms with Gasteiger partial charge in [0.2, 0.25) is 5.95 Å². The second-order valence-electron chi connectivity index (χ2n) is 6.29. The molecule has 0 atom stereocenters. The molecule has 2 heterocycles. The lowest BCUT2D eigenvalue weighted by atomic mass is 10.1. The Balaban J connectivity index is 1.61. The van der Waals surface area contributed by atoms with E-state index >= 15 is 0 Å². The SMILES string of the molecule is Cc1cc(N2CCN(C)CC2)nc(NCCc2cccc(Cl)c2)n1. The third kappa shape index (κ3) is 4.58. The summed E-state index contributed by atoms with van der Waals surface area (Å²) in [4.78, 5) is 13.9. The molecular weight excluding hydrogens is 322 g/mol. The van der Waals surface area contributed by atoms with Crippen molar-refractivity contribution in [2.24, 2.45) is 0 Å². The summed E-state index contributed by atoms with van der Waals surface area (Å²) in [5.41, 5.74) is 2.20. The molecule has 0 aliphatic carbocycles. The normalized spacial score (nSPS) is 15.5. The van der Waals surface area contributed by atoms with Gasteiger partial charge in [0.15, 0.2) is 0 Å². The molecule has 24 heavy (non-hydrogen) atoms. The number of piperazine rings is 1. The summed E-state index contributed by atoms with van der Waals surface area (Å²) in [7, 11) is 2.16. The lowest BCUT2D eigenvalue weighted by Crippen LogP contribution is -2.44. The van der Waals surface area contributed by atoms with Crippen molar-refractivity contribution in [2.45, 2.75) is 13.3 Å². The van der Waals surface area contributed by atoms with E-state index < -0.39 is 0 Å². The third-order valence-corrected chi connectivity index (χ3v) is 4.49. The highest BCUT2D eigenvalue weighted by molar-refractivity contribution is 6.30. The highest BCUT2D eigenvalue weighted by atomic mass is 35.5. The van der Waals surface area contributed by atoms with Crippen molar-refractivity contribution in [3.63, 3.8) is 0 Å². The van der Waals surface area contributed by atoms with Crippen molar-refractivity contribution in [1.29, 1.82) is 0 Å². The zero-order chi connectivity index (χ0) is 16.9. The van der Waals surface area contributed by atoms with Crippen LogP contribution in [0.5, 0.6) is 0 Å². The number of aromatic nitrogens is 2. The quantitative estimate of drug-likeness (QED) is 0.902. The summed E-state index contributed by atoms with van der Waals surface area (Å²) < 4.78 is 0. The summed E-state index contributed by atoms with van der Waals surface area (Å²) in [5.74, 6) is 1.71. The van der Waals surface area contributed by atoms with Gasteiger partial charge in [-0.2, -0.15) is 4.98 Å². The first-order valence-electron chi connectivity index (χ1n) is 8.37. The zero-order valence-corrected chi connectivity index (χ0v) is 15.1. The van der Waals surface area contributed by atoms with E-state index in [9.17, 15) is 0 Å². The Morgan fingerprint density at radius 3 is 2.67 bits per heavy atom. The Labute approximate surface area is 148 Å². The van der Waals surface area contributed by atoms with Gasteiger partial charge in [0.25, 0.3) is 0 Å². The maximum absolute atomic E-state index is 6.02. The Morgan fingerprint density at radius 1 is 1.12 bits per heavy atom. The monoisotopic (exact) mass is 345 g/mol. The van der Waals surface area contributed by atoms with Gasteiger partial charge < -0.3 is 15.1 Å². The third-order valence-electron chi connectivity index (χ3n) is 4.25. The number of nitrogens with one attached hydrogen (secondary N) is 1. The van der Waals surface area contributed by atoms with Crippen LogP contribution in [0, 0.1) is 6.92 Å². The minimum atomic E-state index is 0.700. The first kappa shape index (κ1) is 17.0. The zero-order valence-electron chi connectivity index (χ0n) is 14.3. The molecule has 3 rings (SSSR count). The predicted molar refractivity (Wildman–Crippen MR) is 100 cm³/mol. The molecule has 1 aromatic carbocycles. The van der Waals surface area contributed by atoms with E-state index in [-0.39, 0.29) is 0 Å². The maximum Gasteiger partial charge on any atom is 0.224 e. The van der Waals surface area contributed by atoms with Crippen LogP contribution in [-0.4, -0.2) is 54.6 Å². The van der Waals surface area contributed by atoms with E-state index in [1.807, 2.05) is 25.1 Å². The molecule has 0 spiro atoms. The van der Waals surface area contributed by atoms with Crippen molar-refractivity contribution in [2.75, 3.05) is 50.0 Å². The fraction of sp³-hybridized carbons (Fsp3) is 0.444. The van der Waals surface area contributed by atoms with Crippen molar-refractivity contribution < 1.29 is 0 Å². The molecule has 6 heteroatoms. The lowest BCUT2D eigenvalue weighted by Gasteiger charge is -2.33. The first-order chi connectivity index (χ1) is 11.6. The van der Waals surface area contributed by atoms with Gasteiger partial charge in [-0.3, -0.25) is 0 Å². The van der Waals surface area contributed by atoms with Crippen LogP contribution in [0.25, 0.3) is 0 Å². The van der Waals surface area contributed by atoms with Crippen molar-refractivity contribution >= 4 is 23.4 Å². The predicted octanol–water partition coefficient (Wildman–Crippen LogP) is 2.84. The van der Waals surface area contributed by atoms with Crippen LogP contribution in [0.15, 0.2) is 30.3 Å². The van der Waals surface area contributed by atoms with Crippen LogP contribution >= 0.6 is 11.6 Å². The van der Waals surface area contributed by atoms with E-state index in [4.69, 9.17) is 16.6 Å². The molecule has 2 aromatic rings. The Bertz CT molecular complexity index is 683. The Kier molecular flexibility index (Phi) is 5.53. The average Bonchev–Trinajstić information content (AvgIpc) is 2.55. The van der Waals surface area contributed by atoms with E-state index in [1.165, 1.54) is 5.56 Å². The largest absolute Gasteiger partial charge is 0.354 e. The van der Waals surface area contributed by atoms with Gasteiger partial charge in [0.1, 0.15) is 5.82 Å². The van der Waals surface area contributed by atoms with Gasteiger partial charge in [0, 0.05) is 49.5 Å². The molecule has 5 nitrogen and oxygen atoms in total. The van der Waals surface area contributed by atoms with Crippen LogP contribution in [0.2, 0.25) is 5.02 Å². The van der Waals surface area contributed by atoms with Crippen molar-refractivity contribution in [3.8, 4) is 0 Å². The lowest BCUT2D eigenvalue weighted by molar-refractivity contribution is 0.312. The van der Waals surface area contributed by atoms with Gasteiger partial charge in [0.05, 0.1) is 0 Å². The molecule has 128 valence electrons. The van der Waals surface area contributed by atoms with Gasteiger partial charge in [-0.15, -0.1) is 0 Å². The summed E-state index contributed by atoms with van der Waals surface area (Å²) >= 11 is 6.02. The van der Waals surface area contributed by atoms with Crippen molar-refractivity contribution in [1.82, 2.24) is 14.9 Å². The van der Waals surface area contributed by atoms with Crippen LogP contribution in [0.4, 0.5) is 11.8 Å². The number of hydrogen-bond acceptors (Lipinski definition) is 5. The number of anilines is 2. The van der Waals surface area contributed by atoms with Crippen LogP contribution in [-0.2, 0) is 6.42 Å². The standard InChI is InChI=1S/C18H24ClN5/c1-14-12-17(24-10-8-23(2)9-11-24)22-18(21-14)20-7-6-15-4-3-5-16(19)13-15/h3-5,12-13H,6-11H2,1-2H3,(H,20,21,22). The molecule has 0 amide bonds. The fourth-order valence-corrected chi connectivity index (χ4v) is 3.05. The van der Waals surface area contributed by atoms with E-state index in [2.05, 4.69) is 39.3 Å². The number of rotatable bonds is 5. The molecule has 1 aromatic heterocycles. The molecule has 1 aliphatic heterocycles. The number of likely N-dealkylation sites (N-methyl/N-ethyl adjacent to an activating group) is 1. The topological polar surface area (TPSA) is 44.3 Å². The van der Waals surface area contributed by atoms with Gasteiger partial charge in [-0.1, -0.05) is 23.7 Å². The van der Waals surface area contributed by atoms with Crippen molar-refractivity contribution in [3.05, 3.63) is 46.6 Å². The number of nitrogens with zero attached hydrogens (tertiary/aromatic N) is 4. The second kappa shape index (κ2) is 7.81. The molecular formula is C18H24ClN5. The summed E-state index contributed by atoms with van der Waals surface area (Å²) in [6.07, 6.45) is 0.891. The minimum Gasteiger partial charge on any atom is -0.354 e. The average molecular weight is 346 g/mol. The van der Waals surface area contributed by atoms with Crippen LogP contribution in [0.3, 0.4) is 0 Å². The molecule has 0 unspecified atom stereocenters. The molecule has 1 N–H and O–H groups in total. The Hall–Kier alpha value is -1.85. The van der Waals surface area contributed by atoms with E-state index in [0.29, 0.717) is 5.95 Å².